The molecule has 0 aromatic heterocycles. The van der Waals surface area contributed by atoms with E-state index in [0.717, 1.165) is 39.3 Å². The third-order valence-corrected chi connectivity index (χ3v) is 3.78. The van der Waals surface area contributed by atoms with Gasteiger partial charge in [0.05, 0.1) is 12.2 Å². The summed E-state index contributed by atoms with van der Waals surface area (Å²) in [5.41, 5.74) is 1.83. The van der Waals surface area contributed by atoms with Crippen LogP contribution < -0.4 is 4.74 Å². The van der Waals surface area contributed by atoms with Crippen molar-refractivity contribution in [1.82, 2.24) is 9.80 Å². The average molecular weight is 273 g/mol. The maximum atomic E-state index is 9.19. The number of ether oxygens (including phenoxy) is 1. The number of hydrogen-bond donors (Lipinski definition) is 0. The highest BCUT2D eigenvalue weighted by atomic mass is 16.5. The number of rotatable bonds is 5. The van der Waals surface area contributed by atoms with Crippen LogP contribution in [-0.2, 0) is 6.54 Å². The number of nitrogens with zero attached hydrogens (tertiary/aromatic N) is 3. The molecule has 1 heterocycles. The Morgan fingerprint density at radius 3 is 2.45 bits per heavy atom. The van der Waals surface area contributed by atoms with Crippen LogP contribution in [0.5, 0.6) is 5.75 Å². The smallest absolute Gasteiger partial charge is 0.137 e. The quantitative estimate of drug-likeness (QED) is 0.823. The van der Waals surface area contributed by atoms with E-state index in [4.69, 9.17) is 4.74 Å². The highest BCUT2D eigenvalue weighted by molar-refractivity contribution is 5.45. The zero-order valence-corrected chi connectivity index (χ0v) is 12.4. The van der Waals surface area contributed by atoms with Crippen LogP contribution in [0.15, 0.2) is 18.2 Å². The molecule has 1 fully saturated rings. The van der Waals surface area contributed by atoms with Gasteiger partial charge in [-0.05, 0) is 31.2 Å². The summed E-state index contributed by atoms with van der Waals surface area (Å²) in [6.07, 6.45) is 0. The molecule has 0 unspecified atom stereocenters. The van der Waals surface area contributed by atoms with Crippen molar-refractivity contribution in [2.24, 2.45) is 0 Å². The topological polar surface area (TPSA) is 39.5 Å². The molecule has 20 heavy (non-hydrogen) atoms. The fraction of sp³-hybridized carbons (Fsp3) is 0.562. The molecule has 0 saturated carbocycles. The molecular formula is C16H23N3O. The van der Waals surface area contributed by atoms with E-state index in [1.165, 1.54) is 5.56 Å². The third-order valence-electron chi connectivity index (χ3n) is 3.78. The first-order valence-corrected chi connectivity index (χ1v) is 7.37. The van der Waals surface area contributed by atoms with Gasteiger partial charge in [0, 0.05) is 32.7 Å². The summed E-state index contributed by atoms with van der Waals surface area (Å²) in [5.74, 6) is 0.689. The maximum absolute atomic E-state index is 9.19. The Balaban J connectivity index is 1.98. The Morgan fingerprint density at radius 1 is 1.15 bits per heavy atom. The van der Waals surface area contributed by atoms with E-state index in [1.807, 2.05) is 19.1 Å². The molecule has 2 rings (SSSR count). The van der Waals surface area contributed by atoms with Crippen LogP contribution in [0.3, 0.4) is 0 Å². The van der Waals surface area contributed by atoms with Crippen molar-refractivity contribution >= 4 is 0 Å². The second-order valence-corrected chi connectivity index (χ2v) is 5.09. The predicted molar refractivity (Wildman–Crippen MR) is 79.7 cm³/mol. The van der Waals surface area contributed by atoms with Crippen LogP contribution in [0, 0.1) is 11.3 Å². The zero-order chi connectivity index (χ0) is 14.4. The fourth-order valence-corrected chi connectivity index (χ4v) is 2.57. The molecule has 0 atom stereocenters. The summed E-state index contributed by atoms with van der Waals surface area (Å²) in [6, 6.07) is 8.16. The summed E-state index contributed by atoms with van der Waals surface area (Å²) in [7, 11) is 0. The van der Waals surface area contributed by atoms with Crippen molar-refractivity contribution in [1.29, 1.82) is 5.26 Å². The Morgan fingerprint density at radius 2 is 1.85 bits per heavy atom. The Bertz CT molecular complexity index is 473. The summed E-state index contributed by atoms with van der Waals surface area (Å²) < 4.78 is 5.46. The molecule has 0 N–H and O–H groups in total. The number of hydrogen-bond acceptors (Lipinski definition) is 4. The third kappa shape index (κ3) is 3.72. The van der Waals surface area contributed by atoms with Gasteiger partial charge in [-0.2, -0.15) is 5.26 Å². The molecule has 1 aliphatic heterocycles. The molecule has 1 aliphatic rings. The minimum atomic E-state index is 0.590. The van der Waals surface area contributed by atoms with Gasteiger partial charge in [-0.15, -0.1) is 0 Å². The molecule has 4 nitrogen and oxygen atoms in total. The van der Waals surface area contributed by atoms with Crippen molar-refractivity contribution < 1.29 is 4.74 Å². The van der Waals surface area contributed by atoms with Gasteiger partial charge in [0.1, 0.15) is 11.8 Å². The first-order chi connectivity index (χ1) is 9.76. The lowest BCUT2D eigenvalue weighted by Gasteiger charge is -2.34. The van der Waals surface area contributed by atoms with Crippen LogP contribution >= 0.6 is 0 Å². The summed E-state index contributed by atoms with van der Waals surface area (Å²) in [4.78, 5) is 4.92. The molecule has 1 aromatic carbocycles. The van der Waals surface area contributed by atoms with Crippen LogP contribution in [0.1, 0.15) is 25.0 Å². The minimum Gasteiger partial charge on any atom is -0.492 e. The lowest BCUT2D eigenvalue weighted by Crippen LogP contribution is -2.45. The number of likely N-dealkylation sites (N-methyl/N-ethyl adjacent to an activating group) is 1. The standard InChI is InChI=1S/C16H23N3O/c1-3-18-7-9-19(10-8-18)13-14-5-6-16(20-4-2)15(11-14)12-17/h5-6,11H,3-4,7-10,13H2,1-2H3. The first-order valence-electron chi connectivity index (χ1n) is 7.37. The van der Waals surface area contributed by atoms with Gasteiger partial charge in [-0.1, -0.05) is 13.0 Å². The molecule has 1 saturated heterocycles. The highest BCUT2D eigenvalue weighted by Gasteiger charge is 2.16. The highest BCUT2D eigenvalue weighted by Crippen LogP contribution is 2.20. The van der Waals surface area contributed by atoms with Crippen molar-refractivity contribution in [3.05, 3.63) is 29.3 Å². The van der Waals surface area contributed by atoms with Crippen LogP contribution in [0.4, 0.5) is 0 Å². The second-order valence-electron chi connectivity index (χ2n) is 5.09. The van der Waals surface area contributed by atoms with Crippen LogP contribution in [0.2, 0.25) is 0 Å². The monoisotopic (exact) mass is 273 g/mol. The van der Waals surface area contributed by atoms with E-state index in [0.29, 0.717) is 17.9 Å². The second kappa shape index (κ2) is 7.28. The van der Waals surface area contributed by atoms with E-state index in [1.54, 1.807) is 0 Å². The molecule has 0 amide bonds. The van der Waals surface area contributed by atoms with Crippen LogP contribution in [0.25, 0.3) is 0 Å². The first kappa shape index (κ1) is 14.8. The van der Waals surface area contributed by atoms with E-state index in [2.05, 4.69) is 28.9 Å². The molecule has 0 spiro atoms. The van der Waals surface area contributed by atoms with Crippen molar-refractivity contribution in [3.8, 4) is 11.8 Å². The normalized spacial score (nSPS) is 16.9. The molecule has 0 aliphatic carbocycles. The van der Waals surface area contributed by atoms with Gasteiger partial charge in [0.25, 0.3) is 0 Å². The average Bonchev–Trinajstić information content (AvgIpc) is 2.50. The largest absolute Gasteiger partial charge is 0.492 e. The molecule has 108 valence electrons. The number of nitriles is 1. The van der Waals surface area contributed by atoms with Gasteiger partial charge >= 0.3 is 0 Å². The summed E-state index contributed by atoms with van der Waals surface area (Å²) in [5, 5.41) is 9.19. The summed E-state index contributed by atoms with van der Waals surface area (Å²) in [6.45, 7) is 11.3. The molecule has 0 radical (unpaired) electrons. The van der Waals surface area contributed by atoms with Gasteiger partial charge in [-0.3, -0.25) is 4.90 Å². The SMILES string of the molecule is CCOc1ccc(CN2CCN(CC)CC2)cc1C#N. The zero-order valence-electron chi connectivity index (χ0n) is 12.4. The van der Waals surface area contributed by atoms with Crippen molar-refractivity contribution in [2.45, 2.75) is 20.4 Å². The summed E-state index contributed by atoms with van der Waals surface area (Å²) >= 11 is 0. The van der Waals surface area contributed by atoms with E-state index >= 15 is 0 Å². The van der Waals surface area contributed by atoms with Gasteiger partial charge in [-0.25, -0.2) is 0 Å². The fourth-order valence-electron chi connectivity index (χ4n) is 2.57. The Kier molecular flexibility index (Phi) is 5.40. The van der Waals surface area contributed by atoms with Gasteiger partial charge in [0.15, 0.2) is 0 Å². The Labute approximate surface area is 121 Å². The molecule has 0 bridgehead atoms. The lowest BCUT2D eigenvalue weighted by atomic mass is 10.1. The van der Waals surface area contributed by atoms with E-state index < -0.39 is 0 Å². The van der Waals surface area contributed by atoms with Gasteiger partial charge < -0.3 is 9.64 Å². The van der Waals surface area contributed by atoms with Gasteiger partial charge in [0.2, 0.25) is 0 Å². The Hall–Kier alpha value is -1.57. The maximum Gasteiger partial charge on any atom is 0.137 e. The number of piperazine rings is 1. The van der Waals surface area contributed by atoms with E-state index in [9.17, 15) is 5.26 Å². The lowest BCUT2D eigenvalue weighted by molar-refractivity contribution is 0.132. The van der Waals surface area contributed by atoms with E-state index in [-0.39, 0.29) is 0 Å². The molecular weight excluding hydrogens is 250 g/mol. The molecule has 4 heteroatoms. The van der Waals surface area contributed by atoms with Crippen molar-refractivity contribution in [2.75, 3.05) is 39.3 Å². The minimum absolute atomic E-state index is 0.590. The number of benzene rings is 1. The predicted octanol–water partition coefficient (Wildman–Crippen LogP) is 2.09. The van der Waals surface area contributed by atoms with Crippen molar-refractivity contribution in [3.63, 3.8) is 0 Å². The van der Waals surface area contributed by atoms with Crippen LogP contribution in [-0.4, -0.2) is 49.1 Å². The molecule has 1 aromatic rings.